The molecule has 0 radical (unpaired) electrons. The van der Waals surface area contributed by atoms with Crippen LogP contribution in [0.4, 0.5) is 11.5 Å². The Bertz CT molecular complexity index is 1330. The van der Waals surface area contributed by atoms with E-state index in [0.717, 1.165) is 41.1 Å². The minimum Gasteiger partial charge on any atom is -0.495 e. The fraction of sp³-hybridized carbons (Fsp3) is 0.308. The van der Waals surface area contributed by atoms with Gasteiger partial charge in [-0.3, -0.25) is 14.4 Å². The van der Waals surface area contributed by atoms with Crippen molar-refractivity contribution >= 4 is 28.4 Å². The van der Waals surface area contributed by atoms with E-state index in [1.807, 2.05) is 68.7 Å². The number of nitrogens with zero attached hydrogens (tertiary/aromatic N) is 6. The van der Waals surface area contributed by atoms with Gasteiger partial charge in [0, 0.05) is 33.2 Å². The number of aromatic nitrogens is 4. The Labute approximate surface area is 204 Å². The fourth-order valence-electron chi connectivity index (χ4n) is 4.68. The summed E-state index contributed by atoms with van der Waals surface area (Å²) < 4.78 is 7.23. The molecule has 0 bridgehead atoms. The lowest BCUT2D eigenvalue weighted by Gasteiger charge is -2.39. The van der Waals surface area contributed by atoms with Crippen LogP contribution in [-0.2, 0) is 11.8 Å². The summed E-state index contributed by atoms with van der Waals surface area (Å²) >= 11 is 0. The molecule has 1 saturated heterocycles. The van der Waals surface area contributed by atoms with E-state index < -0.39 is 6.04 Å². The molecule has 9 nitrogen and oxygen atoms in total. The second-order valence-electron chi connectivity index (χ2n) is 8.73. The van der Waals surface area contributed by atoms with Crippen LogP contribution < -0.4 is 15.0 Å². The van der Waals surface area contributed by atoms with Crippen molar-refractivity contribution in [1.82, 2.24) is 24.6 Å². The smallest absolute Gasteiger partial charge is 0.246 e. The zero-order valence-electron chi connectivity index (χ0n) is 20.2. The zero-order valence-corrected chi connectivity index (χ0v) is 20.2. The van der Waals surface area contributed by atoms with Gasteiger partial charge in [0.2, 0.25) is 5.91 Å². The number of aryl methyl sites for hydroxylation is 2. The van der Waals surface area contributed by atoms with Gasteiger partial charge in [-0.15, -0.1) is 0 Å². The molecular formula is C26H29N7O2. The van der Waals surface area contributed by atoms with Crippen LogP contribution in [0.25, 0.3) is 11.0 Å². The molecule has 5 rings (SSSR count). The highest BCUT2D eigenvalue weighted by Crippen LogP contribution is 2.30. The topological polar surface area (TPSA) is 88.4 Å². The Kier molecular flexibility index (Phi) is 6.33. The highest BCUT2D eigenvalue weighted by Gasteiger charge is 2.32. The molecule has 2 aromatic carbocycles. The maximum atomic E-state index is 13.7. The quantitative estimate of drug-likeness (QED) is 0.462. The lowest BCUT2D eigenvalue weighted by molar-refractivity contribution is -0.121. The molecule has 1 aliphatic rings. The van der Waals surface area contributed by atoms with E-state index >= 15 is 0 Å². The minimum atomic E-state index is -0.424. The zero-order chi connectivity index (χ0) is 24.4. The van der Waals surface area contributed by atoms with Gasteiger partial charge in [0.25, 0.3) is 0 Å². The first kappa shape index (κ1) is 22.8. The molecule has 0 aliphatic carbocycles. The van der Waals surface area contributed by atoms with Crippen molar-refractivity contribution in [3.8, 4) is 5.75 Å². The highest BCUT2D eigenvalue weighted by molar-refractivity contribution is 5.97. The molecule has 35 heavy (non-hydrogen) atoms. The molecule has 3 heterocycles. The monoisotopic (exact) mass is 471 g/mol. The maximum absolute atomic E-state index is 13.7. The molecule has 1 amide bonds. The van der Waals surface area contributed by atoms with Gasteiger partial charge in [0.05, 0.1) is 24.4 Å². The predicted molar refractivity (Wildman–Crippen MR) is 136 cm³/mol. The maximum Gasteiger partial charge on any atom is 0.246 e. The van der Waals surface area contributed by atoms with Crippen molar-refractivity contribution in [3.05, 3.63) is 72.2 Å². The number of ether oxygens (including phenoxy) is 1. The minimum absolute atomic E-state index is 0.0785. The summed E-state index contributed by atoms with van der Waals surface area (Å²) in [4.78, 5) is 27.0. The molecule has 1 unspecified atom stereocenters. The van der Waals surface area contributed by atoms with Crippen molar-refractivity contribution in [3.63, 3.8) is 0 Å². The number of piperazine rings is 1. The Morgan fingerprint density at radius 1 is 1.06 bits per heavy atom. The molecule has 1 atom stereocenters. The number of nitrogens with one attached hydrogen (secondary N) is 1. The third kappa shape index (κ3) is 4.54. The molecule has 0 saturated carbocycles. The summed E-state index contributed by atoms with van der Waals surface area (Å²) in [5.74, 6) is 1.45. The number of anilines is 2. The first-order valence-electron chi connectivity index (χ1n) is 11.7. The van der Waals surface area contributed by atoms with Gasteiger partial charge < -0.3 is 15.0 Å². The number of hydrogen-bond acceptors (Lipinski definition) is 7. The molecule has 1 aliphatic heterocycles. The van der Waals surface area contributed by atoms with Crippen molar-refractivity contribution in [2.24, 2.45) is 7.05 Å². The molecule has 180 valence electrons. The summed E-state index contributed by atoms with van der Waals surface area (Å²) in [5.41, 5.74) is 3.50. The molecule has 0 spiro atoms. The molecule has 4 aromatic rings. The number of benzene rings is 2. The van der Waals surface area contributed by atoms with Gasteiger partial charge in [-0.1, -0.05) is 36.4 Å². The standard InChI is InChI=1S/C26H29N7O2/c1-18-9-10-22(35-3)21(15-18)30-26(34)23(19-7-5-4-6-8-19)32-11-13-33(14-12-32)25-20-16-29-31(2)24(20)27-17-28-25/h4-10,15-17,23H,11-14H2,1-3H3,(H,30,34). The second kappa shape index (κ2) is 9.71. The van der Waals surface area contributed by atoms with Gasteiger partial charge >= 0.3 is 0 Å². The average Bonchev–Trinajstić information content (AvgIpc) is 3.26. The number of carbonyl (C=O) groups excluding carboxylic acids is 1. The normalized spacial score (nSPS) is 15.2. The highest BCUT2D eigenvalue weighted by atomic mass is 16.5. The van der Waals surface area contributed by atoms with Crippen LogP contribution >= 0.6 is 0 Å². The van der Waals surface area contributed by atoms with Gasteiger partial charge in [0.15, 0.2) is 5.65 Å². The SMILES string of the molecule is COc1ccc(C)cc1NC(=O)C(c1ccccc1)N1CCN(c2ncnc3c2cnn3C)CC1. The molecule has 1 fully saturated rings. The van der Waals surface area contributed by atoms with Gasteiger partial charge in [-0.2, -0.15) is 5.10 Å². The third-order valence-corrected chi connectivity index (χ3v) is 6.46. The van der Waals surface area contributed by atoms with Gasteiger partial charge in [0.1, 0.15) is 23.9 Å². The number of hydrogen-bond donors (Lipinski definition) is 1. The van der Waals surface area contributed by atoms with E-state index in [9.17, 15) is 4.79 Å². The van der Waals surface area contributed by atoms with Gasteiger partial charge in [-0.05, 0) is 30.2 Å². The largest absolute Gasteiger partial charge is 0.495 e. The summed E-state index contributed by atoms with van der Waals surface area (Å²) in [6.45, 7) is 4.90. The predicted octanol–water partition coefficient (Wildman–Crippen LogP) is 3.18. The Balaban J connectivity index is 1.38. The van der Waals surface area contributed by atoms with E-state index in [1.165, 1.54) is 0 Å². The molecule has 2 aromatic heterocycles. The number of carbonyl (C=O) groups is 1. The number of rotatable bonds is 6. The van der Waals surface area contributed by atoms with Crippen molar-refractivity contribution in [1.29, 1.82) is 0 Å². The summed E-state index contributed by atoms with van der Waals surface area (Å²) in [5, 5.41) is 8.39. The number of fused-ring (bicyclic) bond motifs is 1. The van der Waals surface area contributed by atoms with Crippen molar-refractivity contribution < 1.29 is 9.53 Å². The van der Waals surface area contributed by atoms with E-state index in [4.69, 9.17) is 4.74 Å². The summed E-state index contributed by atoms with van der Waals surface area (Å²) in [6, 6.07) is 15.3. The summed E-state index contributed by atoms with van der Waals surface area (Å²) in [6.07, 6.45) is 3.40. The number of amides is 1. The van der Waals surface area contributed by atoms with Crippen LogP contribution in [0.1, 0.15) is 17.2 Å². The van der Waals surface area contributed by atoms with Crippen LogP contribution in [-0.4, -0.2) is 63.8 Å². The van der Waals surface area contributed by atoms with E-state index in [0.29, 0.717) is 24.5 Å². The van der Waals surface area contributed by atoms with Crippen LogP contribution in [0.2, 0.25) is 0 Å². The third-order valence-electron chi connectivity index (χ3n) is 6.46. The molecule has 9 heteroatoms. The van der Waals surface area contributed by atoms with E-state index in [1.54, 1.807) is 18.1 Å². The molecule has 1 N–H and O–H groups in total. The molecular weight excluding hydrogens is 442 g/mol. The van der Waals surface area contributed by atoms with Crippen LogP contribution in [0.3, 0.4) is 0 Å². The van der Waals surface area contributed by atoms with Crippen molar-refractivity contribution in [2.75, 3.05) is 43.5 Å². The van der Waals surface area contributed by atoms with Crippen molar-refractivity contribution in [2.45, 2.75) is 13.0 Å². The van der Waals surface area contributed by atoms with Crippen LogP contribution in [0.15, 0.2) is 61.1 Å². The van der Waals surface area contributed by atoms with E-state index in [-0.39, 0.29) is 5.91 Å². The first-order valence-corrected chi connectivity index (χ1v) is 11.7. The Morgan fingerprint density at radius 2 is 1.83 bits per heavy atom. The Morgan fingerprint density at radius 3 is 2.57 bits per heavy atom. The van der Waals surface area contributed by atoms with Crippen LogP contribution in [0.5, 0.6) is 5.75 Å². The Hall–Kier alpha value is -3.98. The van der Waals surface area contributed by atoms with E-state index in [2.05, 4.69) is 30.2 Å². The van der Waals surface area contributed by atoms with Crippen LogP contribution in [0, 0.1) is 6.92 Å². The van der Waals surface area contributed by atoms with Gasteiger partial charge in [-0.25, -0.2) is 9.97 Å². The summed E-state index contributed by atoms with van der Waals surface area (Å²) in [7, 11) is 3.49. The average molecular weight is 472 g/mol. The lowest BCUT2D eigenvalue weighted by atomic mass is 10.0. The number of methoxy groups -OCH3 is 1. The fourth-order valence-corrected chi connectivity index (χ4v) is 4.68. The first-order chi connectivity index (χ1) is 17.0. The second-order valence-corrected chi connectivity index (χ2v) is 8.73. The lowest BCUT2D eigenvalue weighted by Crippen LogP contribution is -2.50.